The average molecular weight is 498 g/mol. The predicted molar refractivity (Wildman–Crippen MR) is 138 cm³/mol. The molecule has 4 heterocycles. The lowest BCUT2D eigenvalue weighted by Gasteiger charge is -2.32. The second kappa shape index (κ2) is 9.38. The van der Waals surface area contributed by atoms with Gasteiger partial charge in [-0.15, -0.1) is 0 Å². The molecule has 0 atom stereocenters. The Balaban J connectivity index is 1.33. The van der Waals surface area contributed by atoms with Gasteiger partial charge in [0, 0.05) is 25.4 Å². The van der Waals surface area contributed by atoms with Crippen molar-refractivity contribution in [3.05, 3.63) is 79.5 Å². The number of benzene rings is 2. The summed E-state index contributed by atoms with van der Waals surface area (Å²) in [6, 6.07) is 13.9. The number of carbonyl (C=O) groups excluding carboxylic acids is 1. The summed E-state index contributed by atoms with van der Waals surface area (Å²) in [5.41, 5.74) is 1.62. The molecule has 5 aromatic rings. The Labute approximate surface area is 211 Å². The van der Waals surface area contributed by atoms with Crippen LogP contribution in [0.3, 0.4) is 0 Å². The van der Waals surface area contributed by atoms with Crippen molar-refractivity contribution >= 4 is 39.5 Å². The Morgan fingerprint density at radius 1 is 1.14 bits per heavy atom. The van der Waals surface area contributed by atoms with E-state index in [0.29, 0.717) is 54.5 Å². The van der Waals surface area contributed by atoms with Gasteiger partial charge in [-0.3, -0.25) is 4.79 Å². The van der Waals surface area contributed by atoms with Crippen molar-refractivity contribution in [2.75, 3.05) is 18.4 Å². The van der Waals surface area contributed by atoms with E-state index >= 15 is 4.39 Å². The maximum Gasteiger partial charge on any atom is 0.245 e. The van der Waals surface area contributed by atoms with E-state index in [0.717, 1.165) is 10.8 Å². The van der Waals surface area contributed by atoms with E-state index in [-0.39, 0.29) is 17.6 Å². The van der Waals surface area contributed by atoms with E-state index in [2.05, 4.69) is 26.8 Å². The molecule has 1 saturated heterocycles. The number of halogens is 1. The first kappa shape index (κ1) is 22.7. The number of rotatable bonds is 6. The number of amides is 1. The fraction of sp³-hybridized carbons (Fsp3) is 0.185. The Morgan fingerprint density at radius 2 is 1.95 bits per heavy atom. The summed E-state index contributed by atoms with van der Waals surface area (Å²) in [5, 5.41) is 9.56. The highest BCUT2D eigenvalue weighted by Gasteiger charge is 2.26. The van der Waals surface area contributed by atoms with Crippen LogP contribution in [0.25, 0.3) is 22.1 Å². The Morgan fingerprint density at radius 3 is 2.70 bits per heavy atom. The Hall–Kier alpha value is -4.73. The molecule has 186 valence electrons. The fourth-order valence-electron chi connectivity index (χ4n) is 4.72. The fourth-order valence-corrected chi connectivity index (χ4v) is 4.72. The van der Waals surface area contributed by atoms with E-state index < -0.39 is 5.82 Å². The number of nitrogens with zero attached hydrogens (tertiary/aromatic N) is 5. The van der Waals surface area contributed by atoms with Crippen LogP contribution in [-0.4, -0.2) is 48.6 Å². The number of hydrogen-bond donors (Lipinski definition) is 2. The van der Waals surface area contributed by atoms with Crippen LogP contribution in [0, 0.1) is 5.82 Å². The number of anilines is 2. The molecule has 10 heteroatoms. The lowest BCUT2D eigenvalue weighted by molar-refractivity contribution is -0.127. The number of nitrogens with one attached hydrogen (secondary N) is 2. The molecule has 2 N–H and O–H groups in total. The summed E-state index contributed by atoms with van der Waals surface area (Å²) in [6.45, 7) is 4.77. The van der Waals surface area contributed by atoms with Gasteiger partial charge in [0.15, 0.2) is 11.5 Å². The van der Waals surface area contributed by atoms with Gasteiger partial charge in [-0.05, 0) is 43.2 Å². The number of likely N-dealkylation sites (tertiary alicyclic amines) is 1. The van der Waals surface area contributed by atoms with E-state index in [9.17, 15) is 4.79 Å². The van der Waals surface area contributed by atoms with Gasteiger partial charge in [0.25, 0.3) is 0 Å². The van der Waals surface area contributed by atoms with Gasteiger partial charge in [-0.2, -0.15) is 5.10 Å². The molecule has 1 fully saturated rings. The van der Waals surface area contributed by atoms with Crippen LogP contribution >= 0.6 is 0 Å². The molecule has 2 aromatic carbocycles. The minimum atomic E-state index is -0.474. The first-order valence-corrected chi connectivity index (χ1v) is 12.0. The Bertz CT molecular complexity index is 1600. The summed E-state index contributed by atoms with van der Waals surface area (Å²) in [6.07, 6.45) is 6.05. The van der Waals surface area contributed by atoms with Crippen molar-refractivity contribution in [2.45, 2.75) is 18.9 Å². The maximum atomic E-state index is 15.1. The number of hydrogen-bond acceptors (Lipinski definition) is 6. The standard InChI is InChI=1S/C27H24FN7O2/c1-2-23(36)34-12-10-17(11-13-34)35-27-24-20(15-29-26(24)30-16-31-27)25(33-35)32-22-9-8-19(14-21(22)28)37-18-6-4-3-5-7-18/h2-9,14-17H,1,10-13H2,(H,32,33)(H,29,30,31). The molecule has 0 bridgehead atoms. The van der Waals surface area contributed by atoms with Gasteiger partial charge < -0.3 is 19.9 Å². The third-order valence-electron chi connectivity index (χ3n) is 6.59. The molecule has 6 rings (SSSR count). The van der Waals surface area contributed by atoms with Gasteiger partial charge in [0.05, 0.1) is 28.8 Å². The molecule has 0 unspecified atom stereocenters. The van der Waals surface area contributed by atoms with Gasteiger partial charge >= 0.3 is 0 Å². The zero-order chi connectivity index (χ0) is 25.4. The van der Waals surface area contributed by atoms with Crippen LogP contribution in [-0.2, 0) is 4.79 Å². The van der Waals surface area contributed by atoms with Crippen LogP contribution in [0.5, 0.6) is 11.5 Å². The van der Waals surface area contributed by atoms with E-state index in [4.69, 9.17) is 9.84 Å². The summed E-state index contributed by atoms with van der Waals surface area (Å²) < 4.78 is 22.8. The SMILES string of the molecule is C=CC(=O)N1CCC(n2nc(Nc3ccc(Oc4ccccc4)cc3F)c3cnc4[nH]cnc2c43)CC1. The topological polar surface area (TPSA) is 101 Å². The highest BCUT2D eigenvalue weighted by atomic mass is 19.1. The van der Waals surface area contributed by atoms with Crippen molar-refractivity contribution in [2.24, 2.45) is 0 Å². The van der Waals surface area contributed by atoms with Crippen molar-refractivity contribution in [3.63, 3.8) is 0 Å². The van der Waals surface area contributed by atoms with Gasteiger partial charge in [0.2, 0.25) is 5.91 Å². The summed E-state index contributed by atoms with van der Waals surface area (Å²) >= 11 is 0. The highest BCUT2D eigenvalue weighted by molar-refractivity contribution is 6.09. The minimum Gasteiger partial charge on any atom is -0.457 e. The quantitative estimate of drug-likeness (QED) is 0.308. The molecule has 0 saturated carbocycles. The lowest BCUT2D eigenvalue weighted by Crippen LogP contribution is -2.38. The smallest absolute Gasteiger partial charge is 0.245 e. The molecule has 3 aromatic heterocycles. The van der Waals surface area contributed by atoms with Crippen LogP contribution < -0.4 is 10.1 Å². The minimum absolute atomic E-state index is 0.0123. The molecule has 0 aliphatic carbocycles. The number of aromatic nitrogens is 5. The van der Waals surface area contributed by atoms with E-state index in [1.165, 1.54) is 12.1 Å². The molecule has 9 nitrogen and oxygen atoms in total. The monoisotopic (exact) mass is 497 g/mol. The van der Waals surface area contributed by atoms with Gasteiger partial charge in [0.1, 0.15) is 23.0 Å². The normalized spacial score (nSPS) is 14.2. The molecule has 37 heavy (non-hydrogen) atoms. The van der Waals surface area contributed by atoms with Crippen molar-refractivity contribution in [3.8, 4) is 11.5 Å². The second-order valence-electron chi connectivity index (χ2n) is 8.86. The Kier molecular flexibility index (Phi) is 5.76. The number of aromatic amines is 1. The first-order valence-electron chi connectivity index (χ1n) is 12.0. The molecule has 0 spiro atoms. The van der Waals surface area contributed by atoms with E-state index in [1.54, 1.807) is 29.6 Å². The van der Waals surface area contributed by atoms with Crippen molar-refractivity contribution in [1.29, 1.82) is 0 Å². The summed E-state index contributed by atoms with van der Waals surface area (Å²) in [7, 11) is 0. The summed E-state index contributed by atoms with van der Waals surface area (Å²) in [4.78, 5) is 25.9. The molecule has 1 amide bonds. The number of para-hydroxylation sites is 1. The van der Waals surface area contributed by atoms with Crippen LogP contribution in [0.4, 0.5) is 15.9 Å². The maximum absolute atomic E-state index is 15.1. The van der Waals surface area contributed by atoms with Crippen LogP contribution in [0.2, 0.25) is 0 Å². The largest absolute Gasteiger partial charge is 0.457 e. The zero-order valence-corrected chi connectivity index (χ0v) is 19.9. The first-order chi connectivity index (χ1) is 18.1. The summed E-state index contributed by atoms with van der Waals surface area (Å²) in [5.74, 6) is 0.940. The van der Waals surface area contributed by atoms with Gasteiger partial charge in [-0.1, -0.05) is 24.8 Å². The van der Waals surface area contributed by atoms with Crippen molar-refractivity contribution in [1.82, 2.24) is 29.6 Å². The molecule has 1 aliphatic heterocycles. The molecular formula is C27H24FN7O2. The van der Waals surface area contributed by atoms with Crippen LogP contribution in [0.1, 0.15) is 18.9 Å². The number of carbonyl (C=O) groups is 1. The third kappa shape index (κ3) is 4.26. The lowest BCUT2D eigenvalue weighted by atomic mass is 10.0. The van der Waals surface area contributed by atoms with Gasteiger partial charge in [-0.25, -0.2) is 19.0 Å². The van der Waals surface area contributed by atoms with Crippen molar-refractivity contribution < 1.29 is 13.9 Å². The number of ether oxygens (including phenoxy) is 1. The average Bonchev–Trinajstić information content (AvgIpc) is 3.37. The highest BCUT2D eigenvalue weighted by Crippen LogP contribution is 2.35. The number of piperidine rings is 1. The molecule has 0 radical (unpaired) electrons. The molecule has 1 aliphatic rings. The van der Waals surface area contributed by atoms with E-state index in [1.807, 2.05) is 35.0 Å². The zero-order valence-electron chi connectivity index (χ0n) is 19.9. The second-order valence-corrected chi connectivity index (χ2v) is 8.86. The number of H-pyrrole nitrogens is 1. The van der Waals surface area contributed by atoms with Crippen LogP contribution in [0.15, 0.2) is 73.7 Å². The predicted octanol–water partition coefficient (Wildman–Crippen LogP) is 5.33. The molecular weight excluding hydrogens is 473 g/mol. The third-order valence-corrected chi connectivity index (χ3v) is 6.59.